The van der Waals surface area contributed by atoms with Crippen molar-refractivity contribution < 1.29 is 4.79 Å². The summed E-state index contributed by atoms with van der Waals surface area (Å²) in [6.45, 7) is 1.11. The molecule has 0 fully saturated rings. The van der Waals surface area contributed by atoms with Crippen molar-refractivity contribution in [2.24, 2.45) is 0 Å². The van der Waals surface area contributed by atoms with Gasteiger partial charge < -0.3 is 9.88 Å². The molecule has 2 N–H and O–H groups in total. The minimum absolute atomic E-state index is 0.182. The third-order valence-electron chi connectivity index (χ3n) is 4.18. The Balaban J connectivity index is 1.56. The zero-order chi connectivity index (χ0) is 16.5. The zero-order valence-corrected chi connectivity index (χ0v) is 12.8. The van der Waals surface area contributed by atoms with Crippen LogP contribution in [0.3, 0.4) is 0 Å². The quantitative estimate of drug-likeness (QED) is 0.749. The number of hydrogen-bond acceptors (Lipinski definition) is 4. The first-order valence-electron chi connectivity index (χ1n) is 7.69. The number of amides is 1. The average molecular weight is 321 g/mol. The summed E-state index contributed by atoms with van der Waals surface area (Å²) in [5.74, 6) is -0.182. The number of rotatable bonds is 2. The number of carbonyl (C=O) groups is 1. The van der Waals surface area contributed by atoms with E-state index in [0.29, 0.717) is 13.1 Å². The molecule has 0 saturated heterocycles. The Bertz CT molecular complexity index is 981. The van der Waals surface area contributed by atoms with E-state index < -0.39 is 0 Å². The molecule has 4 heterocycles. The molecule has 0 unspecified atom stereocenters. The van der Waals surface area contributed by atoms with E-state index in [9.17, 15) is 9.59 Å². The number of aromatic nitrogens is 4. The molecule has 0 atom stereocenters. The van der Waals surface area contributed by atoms with E-state index in [-0.39, 0.29) is 17.2 Å². The van der Waals surface area contributed by atoms with Gasteiger partial charge in [0.05, 0.1) is 11.0 Å². The van der Waals surface area contributed by atoms with Gasteiger partial charge in [0.15, 0.2) is 0 Å². The van der Waals surface area contributed by atoms with Gasteiger partial charge in [-0.25, -0.2) is 5.10 Å². The largest absolute Gasteiger partial charge is 0.359 e. The smallest absolute Gasteiger partial charge is 0.274 e. The van der Waals surface area contributed by atoms with Crippen molar-refractivity contribution >= 4 is 22.5 Å². The van der Waals surface area contributed by atoms with E-state index in [2.05, 4.69) is 20.2 Å². The summed E-state index contributed by atoms with van der Waals surface area (Å²) in [7, 11) is 0. The Morgan fingerprint density at radius 2 is 2.17 bits per heavy atom. The molecular formula is C17H15N5O2. The van der Waals surface area contributed by atoms with Crippen LogP contribution >= 0.6 is 0 Å². The number of carbonyl (C=O) groups excluding carboxylic acids is 1. The highest BCUT2D eigenvalue weighted by atomic mass is 16.2. The summed E-state index contributed by atoms with van der Waals surface area (Å²) in [5.41, 5.74) is 4.15. The second-order valence-corrected chi connectivity index (χ2v) is 5.64. The minimum Gasteiger partial charge on any atom is -0.359 e. The van der Waals surface area contributed by atoms with Crippen LogP contribution in [0.15, 0.2) is 47.5 Å². The maximum absolute atomic E-state index is 12.4. The highest BCUT2D eigenvalue weighted by Gasteiger charge is 2.21. The molecule has 24 heavy (non-hydrogen) atoms. The van der Waals surface area contributed by atoms with Crippen LogP contribution in [0.25, 0.3) is 16.6 Å². The number of H-pyrrole nitrogens is 2. The van der Waals surface area contributed by atoms with E-state index in [0.717, 1.165) is 23.0 Å². The van der Waals surface area contributed by atoms with Gasteiger partial charge in [0.2, 0.25) is 0 Å². The minimum atomic E-state index is -0.320. The first-order chi connectivity index (χ1) is 11.7. The monoisotopic (exact) mass is 321 g/mol. The van der Waals surface area contributed by atoms with Crippen LogP contribution in [0.2, 0.25) is 0 Å². The van der Waals surface area contributed by atoms with Gasteiger partial charge in [-0.15, -0.1) is 0 Å². The van der Waals surface area contributed by atoms with Crippen LogP contribution in [0.1, 0.15) is 22.5 Å². The zero-order valence-electron chi connectivity index (χ0n) is 12.8. The Labute approximate surface area is 137 Å². The SMILES string of the molecule is O=C(c1ccc(=O)[nH]n1)N1CC=C(c2c[nH]c3cccnc23)CC1. The van der Waals surface area contributed by atoms with Gasteiger partial charge in [0, 0.05) is 37.1 Å². The van der Waals surface area contributed by atoms with Crippen molar-refractivity contribution in [3.63, 3.8) is 0 Å². The van der Waals surface area contributed by atoms with Gasteiger partial charge in [0.25, 0.3) is 11.5 Å². The highest BCUT2D eigenvalue weighted by Crippen LogP contribution is 2.28. The standard InChI is InChI=1S/C17H15N5O2/c23-15-4-3-14(20-21-15)17(24)22-8-5-11(6-9-22)12-10-19-13-2-1-7-18-16(12)13/h1-5,7,10,19H,6,8-9H2,(H,21,23). The molecule has 120 valence electrons. The number of pyridine rings is 1. The molecule has 0 aliphatic carbocycles. The second-order valence-electron chi connectivity index (χ2n) is 5.64. The lowest BCUT2D eigenvalue weighted by molar-refractivity contribution is 0.0765. The van der Waals surface area contributed by atoms with E-state index in [1.54, 1.807) is 11.1 Å². The van der Waals surface area contributed by atoms with Gasteiger partial charge in [-0.3, -0.25) is 14.6 Å². The van der Waals surface area contributed by atoms with Crippen LogP contribution in [-0.4, -0.2) is 44.1 Å². The molecule has 1 amide bonds. The number of fused-ring (bicyclic) bond motifs is 1. The fourth-order valence-electron chi connectivity index (χ4n) is 2.92. The fraction of sp³-hybridized carbons (Fsp3) is 0.176. The first-order valence-corrected chi connectivity index (χ1v) is 7.69. The summed E-state index contributed by atoms with van der Waals surface area (Å²) in [5, 5.41) is 6.09. The second kappa shape index (κ2) is 5.77. The summed E-state index contributed by atoms with van der Waals surface area (Å²) in [6, 6.07) is 6.65. The Morgan fingerprint density at radius 1 is 1.25 bits per heavy atom. The van der Waals surface area contributed by atoms with Gasteiger partial charge in [0.1, 0.15) is 5.69 Å². The molecule has 3 aromatic rings. The Morgan fingerprint density at radius 3 is 2.92 bits per heavy atom. The molecule has 4 rings (SSSR count). The number of nitrogens with one attached hydrogen (secondary N) is 2. The Hall–Kier alpha value is -3.22. The third kappa shape index (κ3) is 2.50. The van der Waals surface area contributed by atoms with Crippen molar-refractivity contribution in [3.05, 3.63) is 64.3 Å². The van der Waals surface area contributed by atoms with Crippen LogP contribution < -0.4 is 5.56 Å². The van der Waals surface area contributed by atoms with Gasteiger partial charge in [-0.1, -0.05) is 6.08 Å². The van der Waals surface area contributed by atoms with Crippen LogP contribution in [0.4, 0.5) is 0 Å². The fourth-order valence-corrected chi connectivity index (χ4v) is 2.92. The van der Waals surface area contributed by atoms with E-state index in [4.69, 9.17) is 0 Å². The maximum atomic E-state index is 12.4. The lowest BCUT2D eigenvalue weighted by atomic mass is 10.0. The first kappa shape index (κ1) is 14.4. The summed E-state index contributed by atoms with van der Waals surface area (Å²) in [4.78, 5) is 32.8. The number of nitrogens with zero attached hydrogens (tertiary/aromatic N) is 3. The lowest BCUT2D eigenvalue weighted by Gasteiger charge is -2.26. The topological polar surface area (TPSA) is 94.7 Å². The van der Waals surface area contributed by atoms with Crippen molar-refractivity contribution in [2.75, 3.05) is 13.1 Å². The van der Waals surface area contributed by atoms with Gasteiger partial charge in [-0.05, 0) is 30.2 Å². The van der Waals surface area contributed by atoms with Crippen molar-refractivity contribution in [1.29, 1.82) is 0 Å². The third-order valence-corrected chi connectivity index (χ3v) is 4.18. The normalized spacial score (nSPS) is 14.7. The van der Waals surface area contributed by atoms with Crippen LogP contribution in [-0.2, 0) is 0 Å². The van der Waals surface area contributed by atoms with Gasteiger partial charge >= 0.3 is 0 Å². The predicted octanol–water partition coefficient (Wildman–Crippen LogP) is 1.58. The van der Waals surface area contributed by atoms with Crippen molar-refractivity contribution in [3.8, 4) is 0 Å². The molecule has 0 radical (unpaired) electrons. The average Bonchev–Trinajstić information content (AvgIpc) is 3.06. The van der Waals surface area contributed by atoms with Gasteiger partial charge in [-0.2, -0.15) is 5.10 Å². The molecule has 7 heteroatoms. The van der Waals surface area contributed by atoms with E-state index in [1.165, 1.54) is 17.7 Å². The summed E-state index contributed by atoms with van der Waals surface area (Å²) < 4.78 is 0. The summed E-state index contributed by atoms with van der Waals surface area (Å²) >= 11 is 0. The summed E-state index contributed by atoms with van der Waals surface area (Å²) in [6.07, 6.45) is 6.54. The Kier molecular flexibility index (Phi) is 3.45. The number of hydrogen-bond donors (Lipinski definition) is 2. The molecule has 1 aliphatic rings. The molecule has 3 aromatic heterocycles. The maximum Gasteiger partial charge on any atom is 0.274 e. The molecule has 0 spiro atoms. The molecule has 1 aliphatic heterocycles. The number of aromatic amines is 2. The molecular weight excluding hydrogens is 306 g/mol. The predicted molar refractivity (Wildman–Crippen MR) is 89.4 cm³/mol. The molecule has 0 aromatic carbocycles. The molecule has 0 bridgehead atoms. The van der Waals surface area contributed by atoms with E-state index in [1.807, 2.05) is 24.4 Å². The van der Waals surface area contributed by atoms with Crippen LogP contribution in [0.5, 0.6) is 0 Å². The van der Waals surface area contributed by atoms with Crippen molar-refractivity contribution in [1.82, 2.24) is 25.1 Å². The lowest BCUT2D eigenvalue weighted by Crippen LogP contribution is -2.35. The molecule has 0 saturated carbocycles. The van der Waals surface area contributed by atoms with Crippen LogP contribution in [0, 0.1) is 0 Å². The highest BCUT2D eigenvalue weighted by molar-refractivity contribution is 5.94. The molecule has 7 nitrogen and oxygen atoms in total. The van der Waals surface area contributed by atoms with Crippen molar-refractivity contribution in [2.45, 2.75) is 6.42 Å². The van der Waals surface area contributed by atoms with E-state index >= 15 is 0 Å².